The lowest BCUT2D eigenvalue weighted by Gasteiger charge is -2.07. The van der Waals surface area contributed by atoms with Crippen LogP contribution < -0.4 is 10.6 Å². The second-order valence-electron chi connectivity index (χ2n) is 5.78. The number of aliphatic imine (C=N–C) groups is 1. The summed E-state index contributed by atoms with van der Waals surface area (Å²) in [6.45, 7) is 0. The summed E-state index contributed by atoms with van der Waals surface area (Å²) in [6.07, 6.45) is 4.97. The number of carbonyl (C=O) groups excluding carboxylic acids is 1. The maximum atomic E-state index is 12.1. The molecule has 0 aliphatic carbocycles. The number of H-pyrrole nitrogens is 1. The van der Waals surface area contributed by atoms with E-state index in [-0.39, 0.29) is 6.03 Å². The van der Waals surface area contributed by atoms with Crippen LogP contribution >= 0.6 is 0 Å². The van der Waals surface area contributed by atoms with Crippen LogP contribution in [0.3, 0.4) is 0 Å². The highest BCUT2D eigenvalue weighted by Crippen LogP contribution is 2.20. The largest absolute Gasteiger partial charge is 0.323 e. The fourth-order valence-corrected chi connectivity index (χ4v) is 2.59. The molecule has 0 aliphatic heterocycles. The van der Waals surface area contributed by atoms with Crippen LogP contribution in [-0.2, 0) is 0 Å². The van der Waals surface area contributed by atoms with Crippen LogP contribution in [0.1, 0.15) is 5.69 Å². The zero-order chi connectivity index (χ0) is 18.5. The summed E-state index contributed by atoms with van der Waals surface area (Å²) in [7, 11) is 0. The second kappa shape index (κ2) is 7.49. The molecule has 132 valence electrons. The minimum absolute atomic E-state index is 0.344. The molecule has 4 aromatic rings. The molecule has 0 bridgehead atoms. The Morgan fingerprint density at radius 1 is 1.00 bits per heavy atom. The molecule has 0 saturated carbocycles. The molecule has 0 fully saturated rings. The highest BCUT2D eigenvalue weighted by Gasteiger charge is 2.07. The smallest absolute Gasteiger partial charge is 0.308 e. The lowest BCUT2D eigenvalue weighted by molar-refractivity contribution is 0.262. The van der Waals surface area contributed by atoms with Crippen LogP contribution in [0.2, 0.25) is 0 Å². The van der Waals surface area contributed by atoms with Crippen molar-refractivity contribution >= 4 is 40.2 Å². The van der Waals surface area contributed by atoms with Gasteiger partial charge < -0.3 is 10.6 Å². The lowest BCUT2D eigenvalue weighted by atomic mass is 10.2. The summed E-state index contributed by atoms with van der Waals surface area (Å²) in [5.41, 5.74) is 3.67. The molecule has 0 radical (unpaired) electrons. The van der Waals surface area contributed by atoms with Crippen molar-refractivity contribution in [3.05, 3.63) is 78.8 Å². The summed E-state index contributed by atoms with van der Waals surface area (Å²) in [6, 6.07) is 18.4. The number of rotatable bonds is 4. The molecule has 0 saturated heterocycles. The van der Waals surface area contributed by atoms with Gasteiger partial charge in [0.25, 0.3) is 0 Å². The minimum atomic E-state index is -0.344. The van der Waals surface area contributed by atoms with Gasteiger partial charge in [-0.3, -0.25) is 15.1 Å². The van der Waals surface area contributed by atoms with E-state index < -0.39 is 0 Å². The number of pyridine rings is 1. The van der Waals surface area contributed by atoms with Crippen LogP contribution in [0.5, 0.6) is 0 Å². The third-order valence-corrected chi connectivity index (χ3v) is 3.86. The molecule has 27 heavy (non-hydrogen) atoms. The monoisotopic (exact) mass is 356 g/mol. The van der Waals surface area contributed by atoms with Crippen molar-refractivity contribution in [3.63, 3.8) is 0 Å². The highest BCUT2D eigenvalue weighted by atomic mass is 16.2. The molecular weight excluding hydrogens is 340 g/mol. The standard InChI is InChI=1S/C20H16N6O/c27-20(24-16-7-4-10-21-12-16)23-15-8-9-17-18(11-15)25-26-19(17)13-22-14-5-2-1-3-6-14/h1-13H,(H,25,26)(H2,23,24,27). The number of nitrogens with one attached hydrogen (secondary N) is 3. The molecule has 2 aromatic carbocycles. The zero-order valence-corrected chi connectivity index (χ0v) is 14.3. The first-order valence-corrected chi connectivity index (χ1v) is 8.33. The molecule has 2 heterocycles. The fraction of sp³-hybridized carbons (Fsp3) is 0. The van der Waals surface area contributed by atoms with Gasteiger partial charge in [0.2, 0.25) is 0 Å². The van der Waals surface area contributed by atoms with E-state index in [0.717, 1.165) is 22.3 Å². The number of para-hydroxylation sites is 1. The van der Waals surface area contributed by atoms with Crippen molar-refractivity contribution in [2.45, 2.75) is 0 Å². The van der Waals surface area contributed by atoms with E-state index in [9.17, 15) is 4.79 Å². The summed E-state index contributed by atoms with van der Waals surface area (Å²) in [5, 5.41) is 13.7. The summed E-state index contributed by atoms with van der Waals surface area (Å²) in [4.78, 5) is 20.5. The van der Waals surface area contributed by atoms with Gasteiger partial charge in [-0.15, -0.1) is 0 Å². The quantitative estimate of drug-likeness (QED) is 0.474. The lowest BCUT2D eigenvalue weighted by Crippen LogP contribution is -2.19. The Morgan fingerprint density at radius 2 is 1.85 bits per heavy atom. The van der Waals surface area contributed by atoms with Gasteiger partial charge in [0, 0.05) is 17.3 Å². The first-order valence-electron chi connectivity index (χ1n) is 8.33. The molecule has 3 N–H and O–H groups in total. The number of benzene rings is 2. The average molecular weight is 356 g/mol. The van der Waals surface area contributed by atoms with Crippen molar-refractivity contribution < 1.29 is 4.79 Å². The fourth-order valence-electron chi connectivity index (χ4n) is 2.59. The molecule has 0 unspecified atom stereocenters. The number of aromatic amines is 1. The van der Waals surface area contributed by atoms with Crippen LogP contribution in [0.15, 0.2) is 78.0 Å². The predicted molar refractivity (Wildman–Crippen MR) is 107 cm³/mol. The minimum Gasteiger partial charge on any atom is -0.308 e. The number of urea groups is 1. The molecule has 0 spiro atoms. The van der Waals surface area contributed by atoms with Gasteiger partial charge in [-0.05, 0) is 42.5 Å². The van der Waals surface area contributed by atoms with Crippen LogP contribution in [0.4, 0.5) is 21.9 Å². The van der Waals surface area contributed by atoms with Gasteiger partial charge in [0.05, 0.1) is 35.0 Å². The van der Waals surface area contributed by atoms with E-state index in [0.29, 0.717) is 11.4 Å². The molecule has 2 aromatic heterocycles. The van der Waals surface area contributed by atoms with Gasteiger partial charge in [-0.1, -0.05) is 18.2 Å². The topological polar surface area (TPSA) is 95.1 Å². The zero-order valence-electron chi connectivity index (χ0n) is 14.3. The van der Waals surface area contributed by atoms with E-state index in [1.165, 1.54) is 0 Å². The number of fused-ring (bicyclic) bond motifs is 1. The normalized spacial score (nSPS) is 11.0. The predicted octanol–water partition coefficient (Wildman–Crippen LogP) is 4.35. The number of aromatic nitrogens is 3. The van der Waals surface area contributed by atoms with Gasteiger partial charge in [0.15, 0.2) is 0 Å². The Balaban J connectivity index is 1.48. The van der Waals surface area contributed by atoms with E-state index >= 15 is 0 Å². The molecule has 0 atom stereocenters. The van der Waals surface area contributed by atoms with Crippen molar-refractivity contribution in [1.29, 1.82) is 0 Å². The molecule has 2 amide bonds. The number of anilines is 2. The summed E-state index contributed by atoms with van der Waals surface area (Å²) >= 11 is 0. The highest BCUT2D eigenvalue weighted by molar-refractivity contribution is 6.02. The van der Waals surface area contributed by atoms with Crippen molar-refractivity contribution in [1.82, 2.24) is 15.2 Å². The van der Waals surface area contributed by atoms with E-state index in [2.05, 4.69) is 30.8 Å². The van der Waals surface area contributed by atoms with Gasteiger partial charge in [0.1, 0.15) is 0 Å². The van der Waals surface area contributed by atoms with Crippen LogP contribution in [0.25, 0.3) is 10.9 Å². The summed E-state index contributed by atoms with van der Waals surface area (Å²) < 4.78 is 0. The number of amides is 2. The number of carbonyl (C=O) groups is 1. The Labute approximate surface area is 155 Å². The summed E-state index contributed by atoms with van der Waals surface area (Å²) in [5.74, 6) is 0. The Bertz CT molecular complexity index is 1090. The van der Waals surface area contributed by atoms with Crippen molar-refractivity contribution in [3.8, 4) is 0 Å². The third-order valence-electron chi connectivity index (χ3n) is 3.86. The van der Waals surface area contributed by atoms with Crippen LogP contribution in [0, 0.1) is 0 Å². The van der Waals surface area contributed by atoms with Gasteiger partial charge in [-0.25, -0.2) is 4.79 Å². The molecular formula is C20H16N6O. The second-order valence-corrected chi connectivity index (χ2v) is 5.78. The SMILES string of the molecule is O=C(Nc1cccnc1)Nc1ccc2c(C=Nc3ccccc3)[nH]nc2c1. The Hall–Kier alpha value is -4.00. The first kappa shape index (κ1) is 16.5. The maximum Gasteiger partial charge on any atom is 0.323 e. The number of hydrogen-bond acceptors (Lipinski definition) is 4. The van der Waals surface area contributed by atoms with Crippen molar-refractivity contribution in [2.75, 3.05) is 10.6 Å². The van der Waals surface area contributed by atoms with Gasteiger partial charge >= 0.3 is 6.03 Å². The molecule has 4 rings (SSSR count). The maximum absolute atomic E-state index is 12.1. The van der Waals surface area contributed by atoms with E-state index in [4.69, 9.17) is 0 Å². The number of hydrogen-bond donors (Lipinski definition) is 3. The molecule has 0 aliphatic rings. The van der Waals surface area contributed by atoms with E-state index in [1.807, 2.05) is 42.5 Å². The third kappa shape index (κ3) is 3.98. The Kier molecular flexibility index (Phi) is 4.57. The van der Waals surface area contributed by atoms with Gasteiger partial charge in [-0.2, -0.15) is 5.10 Å². The first-order chi connectivity index (χ1) is 13.3. The van der Waals surface area contributed by atoms with Crippen molar-refractivity contribution in [2.24, 2.45) is 4.99 Å². The van der Waals surface area contributed by atoms with Crippen LogP contribution in [-0.4, -0.2) is 27.4 Å². The molecule has 7 nitrogen and oxygen atoms in total. The Morgan fingerprint density at radius 3 is 2.67 bits per heavy atom. The number of nitrogens with zero attached hydrogens (tertiary/aromatic N) is 3. The molecule has 7 heteroatoms. The van der Waals surface area contributed by atoms with E-state index in [1.54, 1.807) is 36.8 Å². The average Bonchev–Trinajstić information content (AvgIpc) is 3.10.